The summed E-state index contributed by atoms with van der Waals surface area (Å²) in [6.07, 6.45) is 4.54. The molecule has 2 atom stereocenters. The summed E-state index contributed by atoms with van der Waals surface area (Å²) in [6.45, 7) is 2.37. The van der Waals surface area contributed by atoms with Gasteiger partial charge in [0.25, 0.3) is 0 Å². The van der Waals surface area contributed by atoms with Crippen LogP contribution in [0.25, 0.3) is 0 Å². The van der Waals surface area contributed by atoms with Crippen LogP contribution in [0.15, 0.2) is 18.3 Å². The second-order valence-corrected chi connectivity index (χ2v) is 4.06. The number of hydrogen-bond donors (Lipinski definition) is 3. The molecule has 1 aliphatic heterocycles. The monoisotopic (exact) mass is 193 g/mol. The molecular weight excluding hydrogens is 174 g/mol. The molecule has 0 aromatic carbocycles. The second kappa shape index (κ2) is 4.62. The fraction of sp³-hybridized carbons (Fsp3) is 0.636. The molecule has 3 nitrogen and oxygen atoms in total. The van der Waals surface area contributed by atoms with E-state index in [1.54, 1.807) is 0 Å². The Morgan fingerprint density at radius 1 is 1.64 bits per heavy atom. The zero-order valence-corrected chi connectivity index (χ0v) is 8.72. The van der Waals surface area contributed by atoms with E-state index in [4.69, 9.17) is 0 Å². The molecule has 3 N–H and O–H groups in total. The van der Waals surface area contributed by atoms with Crippen molar-refractivity contribution >= 4 is 0 Å². The molecule has 0 bridgehead atoms. The lowest BCUT2D eigenvalue weighted by Crippen LogP contribution is -2.21. The van der Waals surface area contributed by atoms with E-state index in [1.165, 1.54) is 31.6 Å². The summed E-state index contributed by atoms with van der Waals surface area (Å²) in [5.41, 5.74) is 1.31. The highest BCUT2D eigenvalue weighted by Crippen LogP contribution is 2.23. The normalized spacial score (nSPS) is 23.9. The Balaban J connectivity index is 1.93. The van der Waals surface area contributed by atoms with Crippen LogP contribution in [0.3, 0.4) is 0 Å². The van der Waals surface area contributed by atoms with Gasteiger partial charge in [0.15, 0.2) is 0 Å². The molecule has 0 aliphatic carbocycles. The van der Waals surface area contributed by atoms with Crippen LogP contribution in [0.2, 0.25) is 0 Å². The largest absolute Gasteiger partial charge is 0.364 e. The molecule has 1 aromatic heterocycles. The number of aromatic nitrogens is 1. The molecule has 1 aliphatic rings. The second-order valence-electron chi connectivity index (χ2n) is 4.06. The van der Waals surface area contributed by atoms with Gasteiger partial charge in [-0.2, -0.15) is 0 Å². The standard InChI is InChI=1S/C11H19N3/c1-12-11(10-3-2-5-14-10)7-9-4-6-13-8-9/h2-3,5,9,11-14H,4,6-8H2,1H3. The molecule has 2 unspecified atom stereocenters. The lowest BCUT2D eigenvalue weighted by Gasteiger charge is -2.18. The number of aromatic amines is 1. The summed E-state index contributed by atoms with van der Waals surface area (Å²) >= 11 is 0. The van der Waals surface area contributed by atoms with Crippen molar-refractivity contribution in [1.29, 1.82) is 0 Å². The average molecular weight is 193 g/mol. The third-order valence-corrected chi connectivity index (χ3v) is 3.08. The van der Waals surface area contributed by atoms with Crippen molar-refractivity contribution in [3.05, 3.63) is 24.0 Å². The molecule has 1 saturated heterocycles. The third kappa shape index (κ3) is 2.16. The van der Waals surface area contributed by atoms with Crippen LogP contribution in [0.1, 0.15) is 24.6 Å². The Hall–Kier alpha value is -0.800. The van der Waals surface area contributed by atoms with Crippen LogP contribution in [0, 0.1) is 5.92 Å². The van der Waals surface area contributed by atoms with Crippen molar-refractivity contribution in [3.8, 4) is 0 Å². The van der Waals surface area contributed by atoms with Gasteiger partial charge in [0.2, 0.25) is 0 Å². The van der Waals surface area contributed by atoms with E-state index in [-0.39, 0.29) is 0 Å². The summed E-state index contributed by atoms with van der Waals surface area (Å²) in [5.74, 6) is 0.829. The van der Waals surface area contributed by atoms with E-state index in [1.807, 2.05) is 13.2 Å². The van der Waals surface area contributed by atoms with Crippen molar-refractivity contribution in [1.82, 2.24) is 15.6 Å². The molecule has 1 fully saturated rings. The Labute approximate surface area is 85.3 Å². The van der Waals surface area contributed by atoms with E-state index in [0.29, 0.717) is 6.04 Å². The zero-order chi connectivity index (χ0) is 9.80. The van der Waals surface area contributed by atoms with Gasteiger partial charge in [-0.3, -0.25) is 0 Å². The topological polar surface area (TPSA) is 39.8 Å². The highest BCUT2D eigenvalue weighted by Gasteiger charge is 2.20. The summed E-state index contributed by atoms with van der Waals surface area (Å²) in [5, 5.41) is 6.78. The molecule has 0 radical (unpaired) electrons. The van der Waals surface area contributed by atoms with Crippen LogP contribution in [0.4, 0.5) is 0 Å². The predicted molar refractivity (Wildman–Crippen MR) is 58.2 cm³/mol. The molecule has 2 heterocycles. The summed E-state index contributed by atoms with van der Waals surface area (Å²) in [7, 11) is 2.04. The maximum atomic E-state index is 3.41. The van der Waals surface area contributed by atoms with Gasteiger partial charge in [-0.05, 0) is 51.0 Å². The SMILES string of the molecule is CNC(CC1CCNC1)c1ccc[nH]1. The summed E-state index contributed by atoms with van der Waals surface area (Å²) < 4.78 is 0. The first-order chi connectivity index (χ1) is 6.90. The van der Waals surface area contributed by atoms with E-state index in [0.717, 1.165) is 5.92 Å². The quantitative estimate of drug-likeness (QED) is 0.674. The van der Waals surface area contributed by atoms with Crippen LogP contribution < -0.4 is 10.6 Å². The van der Waals surface area contributed by atoms with E-state index < -0.39 is 0 Å². The minimum absolute atomic E-state index is 0.481. The smallest absolute Gasteiger partial charge is 0.0473 e. The molecule has 3 heteroatoms. The molecule has 0 amide bonds. The van der Waals surface area contributed by atoms with E-state index in [9.17, 15) is 0 Å². The Bertz CT molecular complexity index is 250. The molecule has 0 saturated carbocycles. The van der Waals surface area contributed by atoms with Gasteiger partial charge in [0, 0.05) is 17.9 Å². The van der Waals surface area contributed by atoms with E-state index in [2.05, 4.69) is 27.8 Å². The highest BCUT2D eigenvalue weighted by molar-refractivity contribution is 5.09. The fourth-order valence-electron chi connectivity index (χ4n) is 2.21. The van der Waals surface area contributed by atoms with Crippen molar-refractivity contribution in [2.45, 2.75) is 18.9 Å². The van der Waals surface area contributed by atoms with Crippen LogP contribution in [-0.2, 0) is 0 Å². The first kappa shape index (κ1) is 9.74. The highest BCUT2D eigenvalue weighted by atomic mass is 14.9. The zero-order valence-electron chi connectivity index (χ0n) is 8.72. The predicted octanol–water partition coefficient (Wildman–Crippen LogP) is 1.27. The van der Waals surface area contributed by atoms with Crippen LogP contribution in [0.5, 0.6) is 0 Å². The van der Waals surface area contributed by atoms with Gasteiger partial charge < -0.3 is 15.6 Å². The number of hydrogen-bond acceptors (Lipinski definition) is 2. The lowest BCUT2D eigenvalue weighted by molar-refractivity contribution is 0.425. The molecule has 78 valence electrons. The van der Waals surface area contributed by atoms with Crippen molar-refractivity contribution in [2.75, 3.05) is 20.1 Å². The minimum atomic E-state index is 0.481. The lowest BCUT2D eigenvalue weighted by atomic mass is 9.97. The summed E-state index contributed by atoms with van der Waals surface area (Å²) in [6, 6.07) is 4.70. The van der Waals surface area contributed by atoms with Crippen molar-refractivity contribution in [3.63, 3.8) is 0 Å². The van der Waals surface area contributed by atoms with Gasteiger partial charge >= 0.3 is 0 Å². The van der Waals surface area contributed by atoms with Crippen LogP contribution >= 0.6 is 0 Å². The maximum absolute atomic E-state index is 3.41. The van der Waals surface area contributed by atoms with E-state index >= 15 is 0 Å². The number of nitrogens with one attached hydrogen (secondary N) is 3. The first-order valence-electron chi connectivity index (χ1n) is 5.41. The van der Waals surface area contributed by atoms with Gasteiger partial charge in [-0.1, -0.05) is 0 Å². The van der Waals surface area contributed by atoms with Gasteiger partial charge in [-0.15, -0.1) is 0 Å². The molecule has 14 heavy (non-hydrogen) atoms. The third-order valence-electron chi connectivity index (χ3n) is 3.08. The van der Waals surface area contributed by atoms with Gasteiger partial charge in [0.1, 0.15) is 0 Å². The summed E-state index contributed by atoms with van der Waals surface area (Å²) in [4.78, 5) is 3.28. The van der Waals surface area contributed by atoms with Gasteiger partial charge in [-0.25, -0.2) is 0 Å². The molecule has 1 aromatic rings. The molecule has 2 rings (SSSR count). The van der Waals surface area contributed by atoms with Crippen molar-refractivity contribution < 1.29 is 0 Å². The maximum Gasteiger partial charge on any atom is 0.0473 e. The first-order valence-corrected chi connectivity index (χ1v) is 5.41. The average Bonchev–Trinajstić information content (AvgIpc) is 2.86. The number of rotatable bonds is 4. The molecular formula is C11H19N3. The Kier molecular flexibility index (Phi) is 3.22. The number of H-pyrrole nitrogens is 1. The molecule has 0 spiro atoms. The fourth-order valence-corrected chi connectivity index (χ4v) is 2.21. The van der Waals surface area contributed by atoms with Gasteiger partial charge in [0.05, 0.1) is 0 Å². The van der Waals surface area contributed by atoms with Crippen LogP contribution in [-0.4, -0.2) is 25.1 Å². The van der Waals surface area contributed by atoms with Crippen molar-refractivity contribution in [2.24, 2.45) is 5.92 Å². The Morgan fingerprint density at radius 2 is 2.57 bits per heavy atom. The Morgan fingerprint density at radius 3 is 3.14 bits per heavy atom. The minimum Gasteiger partial charge on any atom is -0.364 e.